The van der Waals surface area contributed by atoms with Gasteiger partial charge in [-0.1, -0.05) is 0 Å². The molecule has 5 heterocycles. The molecule has 0 aliphatic carbocycles. The quantitative estimate of drug-likeness (QED) is 0.563. The first kappa shape index (κ1) is 25.5. The van der Waals surface area contributed by atoms with E-state index >= 15 is 0 Å². The van der Waals surface area contributed by atoms with Crippen LogP contribution in [0.4, 0.5) is 23.8 Å². The highest BCUT2D eigenvalue weighted by Crippen LogP contribution is 2.43. The number of carbonyl (C=O) groups excluding carboxylic acids is 1. The van der Waals surface area contributed by atoms with Gasteiger partial charge in [-0.3, -0.25) is 0 Å². The molecule has 36 heavy (non-hydrogen) atoms. The van der Waals surface area contributed by atoms with Gasteiger partial charge in [-0.05, 0) is 52.0 Å². The highest BCUT2D eigenvalue weighted by molar-refractivity contribution is 7.18. The number of hydrogen-bond acceptors (Lipinski definition) is 7. The summed E-state index contributed by atoms with van der Waals surface area (Å²) < 4.78 is 44.1. The summed E-state index contributed by atoms with van der Waals surface area (Å²) in [5.74, 6) is 1.34. The Labute approximate surface area is 213 Å². The molecule has 1 amide bonds. The van der Waals surface area contributed by atoms with Crippen molar-refractivity contribution in [1.82, 2.24) is 19.8 Å². The van der Waals surface area contributed by atoms with Crippen LogP contribution < -0.4 is 4.90 Å². The SMILES string of the molecule is CC(C)(C)OC(=O)N1CCC(CN2CC3(CCN(c4ncnc5sc(CC(F)(F)F)cc45)C3)C2)CC1. The van der Waals surface area contributed by atoms with E-state index in [4.69, 9.17) is 4.74 Å². The van der Waals surface area contributed by atoms with Crippen LogP contribution in [-0.4, -0.2) is 83.5 Å². The molecule has 3 fully saturated rings. The topological polar surface area (TPSA) is 61.8 Å². The molecule has 0 atom stereocenters. The second kappa shape index (κ2) is 9.31. The van der Waals surface area contributed by atoms with Crippen molar-refractivity contribution in [2.45, 2.75) is 58.2 Å². The molecular formula is C25H34F3N5O2S. The highest BCUT2D eigenvalue weighted by Gasteiger charge is 2.48. The van der Waals surface area contributed by atoms with E-state index in [1.165, 1.54) is 6.33 Å². The van der Waals surface area contributed by atoms with Gasteiger partial charge in [0, 0.05) is 56.1 Å². The van der Waals surface area contributed by atoms with Crippen LogP contribution in [0.15, 0.2) is 12.4 Å². The summed E-state index contributed by atoms with van der Waals surface area (Å²) in [6.45, 7) is 12.0. The van der Waals surface area contributed by atoms with Crippen LogP contribution in [0.5, 0.6) is 0 Å². The summed E-state index contributed by atoms with van der Waals surface area (Å²) in [5, 5.41) is 0.728. The second-order valence-electron chi connectivity index (χ2n) is 11.7. The summed E-state index contributed by atoms with van der Waals surface area (Å²) in [5.41, 5.74) is -0.249. The molecule has 1 spiro atoms. The molecule has 0 saturated carbocycles. The van der Waals surface area contributed by atoms with E-state index < -0.39 is 18.2 Å². The minimum Gasteiger partial charge on any atom is -0.444 e. The molecule has 0 radical (unpaired) electrons. The molecule has 7 nitrogen and oxygen atoms in total. The van der Waals surface area contributed by atoms with E-state index in [1.54, 1.807) is 6.07 Å². The molecule has 2 aromatic rings. The molecule has 2 aromatic heterocycles. The number of amides is 1. The molecule has 3 aliphatic heterocycles. The number of alkyl halides is 3. The van der Waals surface area contributed by atoms with E-state index in [0.717, 1.165) is 87.6 Å². The van der Waals surface area contributed by atoms with Crippen LogP contribution in [0.3, 0.4) is 0 Å². The summed E-state index contributed by atoms with van der Waals surface area (Å²) >= 11 is 1.10. The number of nitrogens with zero attached hydrogens (tertiary/aromatic N) is 5. The van der Waals surface area contributed by atoms with Crippen molar-refractivity contribution in [3.05, 3.63) is 17.3 Å². The average molecular weight is 526 g/mol. The van der Waals surface area contributed by atoms with Gasteiger partial charge >= 0.3 is 12.3 Å². The summed E-state index contributed by atoms with van der Waals surface area (Å²) in [4.78, 5) is 28.4. The fraction of sp³-hybridized carbons (Fsp3) is 0.720. The first-order valence-electron chi connectivity index (χ1n) is 12.6. The number of fused-ring (bicyclic) bond motifs is 1. The smallest absolute Gasteiger partial charge is 0.410 e. The Bertz CT molecular complexity index is 1100. The molecule has 0 bridgehead atoms. The number of likely N-dealkylation sites (tertiary alicyclic amines) is 2. The van der Waals surface area contributed by atoms with Gasteiger partial charge in [-0.2, -0.15) is 13.2 Å². The van der Waals surface area contributed by atoms with Crippen molar-refractivity contribution in [2.75, 3.05) is 50.7 Å². The normalized spacial score (nSPS) is 21.4. The van der Waals surface area contributed by atoms with Crippen LogP contribution in [0, 0.1) is 11.3 Å². The predicted molar refractivity (Wildman–Crippen MR) is 133 cm³/mol. The Hall–Kier alpha value is -2.14. The lowest BCUT2D eigenvalue weighted by atomic mass is 9.78. The number of aromatic nitrogens is 2. The lowest BCUT2D eigenvalue weighted by Crippen LogP contribution is -2.59. The number of carbonyl (C=O) groups is 1. The average Bonchev–Trinajstić information content (AvgIpc) is 3.35. The van der Waals surface area contributed by atoms with Gasteiger partial charge < -0.3 is 19.4 Å². The zero-order valence-corrected chi connectivity index (χ0v) is 21.9. The monoisotopic (exact) mass is 525 g/mol. The zero-order valence-electron chi connectivity index (χ0n) is 21.1. The first-order chi connectivity index (χ1) is 16.9. The first-order valence-corrected chi connectivity index (χ1v) is 13.5. The Balaban J connectivity index is 1.12. The van der Waals surface area contributed by atoms with Crippen LogP contribution in [0.1, 0.15) is 44.9 Å². The maximum Gasteiger partial charge on any atom is 0.410 e. The number of piperidine rings is 1. The van der Waals surface area contributed by atoms with E-state index in [-0.39, 0.29) is 16.4 Å². The van der Waals surface area contributed by atoms with E-state index in [2.05, 4.69) is 19.8 Å². The van der Waals surface area contributed by atoms with Crippen molar-refractivity contribution in [3.63, 3.8) is 0 Å². The Morgan fingerprint density at radius 1 is 1.14 bits per heavy atom. The lowest BCUT2D eigenvalue weighted by Gasteiger charge is -2.50. The van der Waals surface area contributed by atoms with Crippen LogP contribution >= 0.6 is 11.3 Å². The van der Waals surface area contributed by atoms with Gasteiger partial charge in [0.25, 0.3) is 0 Å². The van der Waals surface area contributed by atoms with Gasteiger partial charge in [-0.15, -0.1) is 11.3 Å². The maximum absolute atomic E-state index is 12.9. The highest BCUT2D eigenvalue weighted by atomic mass is 32.1. The van der Waals surface area contributed by atoms with Crippen molar-refractivity contribution < 1.29 is 22.7 Å². The van der Waals surface area contributed by atoms with Gasteiger partial charge in [0.2, 0.25) is 0 Å². The fourth-order valence-corrected chi connectivity index (χ4v) is 6.85. The third-order valence-corrected chi connectivity index (χ3v) is 8.42. The molecule has 0 N–H and O–H groups in total. The summed E-state index contributed by atoms with van der Waals surface area (Å²) in [6.07, 6.45) is -0.862. The minimum absolute atomic E-state index is 0.218. The van der Waals surface area contributed by atoms with Crippen molar-refractivity contribution >= 4 is 33.5 Å². The molecule has 11 heteroatoms. The van der Waals surface area contributed by atoms with Gasteiger partial charge in [0.15, 0.2) is 0 Å². The van der Waals surface area contributed by atoms with Crippen LogP contribution in [-0.2, 0) is 11.2 Å². The fourth-order valence-electron chi connectivity index (χ4n) is 5.82. The lowest BCUT2D eigenvalue weighted by molar-refractivity contribution is -0.126. The van der Waals surface area contributed by atoms with Gasteiger partial charge in [0.1, 0.15) is 22.6 Å². The van der Waals surface area contributed by atoms with Gasteiger partial charge in [-0.25, -0.2) is 14.8 Å². The number of ether oxygens (including phenoxy) is 1. The maximum atomic E-state index is 12.9. The molecule has 0 unspecified atom stereocenters. The summed E-state index contributed by atoms with van der Waals surface area (Å²) in [7, 11) is 0. The Kier molecular flexibility index (Phi) is 6.60. The Morgan fingerprint density at radius 3 is 2.53 bits per heavy atom. The minimum atomic E-state index is -4.23. The molecule has 5 rings (SSSR count). The number of hydrogen-bond donors (Lipinski definition) is 0. The van der Waals surface area contributed by atoms with Crippen LogP contribution in [0.2, 0.25) is 0 Å². The Morgan fingerprint density at radius 2 is 1.86 bits per heavy atom. The predicted octanol–water partition coefficient (Wildman–Crippen LogP) is 4.96. The third-order valence-electron chi connectivity index (χ3n) is 7.37. The molecule has 0 aromatic carbocycles. The van der Waals surface area contributed by atoms with E-state index in [9.17, 15) is 18.0 Å². The second-order valence-corrected chi connectivity index (χ2v) is 12.8. The molecule has 3 aliphatic rings. The standard InChI is InChI=1S/C25H34F3N5O2S/c1-23(2,3)35-22(34)32-7-4-17(5-8-32)12-31-13-24(14-31)6-9-33(15-24)20-19-10-18(11-25(26,27)28)36-21(19)30-16-29-20/h10,16-17H,4-9,11-15H2,1-3H3. The van der Waals surface area contributed by atoms with E-state index in [1.807, 2.05) is 25.7 Å². The zero-order chi connectivity index (χ0) is 25.7. The molecule has 3 saturated heterocycles. The van der Waals surface area contributed by atoms with Crippen LogP contribution in [0.25, 0.3) is 10.2 Å². The summed E-state index contributed by atoms with van der Waals surface area (Å²) in [6, 6.07) is 1.62. The molecule has 198 valence electrons. The third kappa shape index (κ3) is 5.72. The number of halogens is 3. The van der Waals surface area contributed by atoms with Crippen molar-refractivity contribution in [1.29, 1.82) is 0 Å². The molecular weight excluding hydrogens is 491 g/mol. The van der Waals surface area contributed by atoms with Crippen molar-refractivity contribution in [3.8, 4) is 0 Å². The van der Waals surface area contributed by atoms with Crippen molar-refractivity contribution in [2.24, 2.45) is 11.3 Å². The number of anilines is 1. The van der Waals surface area contributed by atoms with Gasteiger partial charge in [0.05, 0.1) is 11.8 Å². The number of rotatable bonds is 4. The van der Waals surface area contributed by atoms with E-state index in [0.29, 0.717) is 10.7 Å². The largest absolute Gasteiger partial charge is 0.444 e. The number of thiophene rings is 1.